The lowest BCUT2D eigenvalue weighted by Crippen LogP contribution is -2.21. The van der Waals surface area contributed by atoms with Crippen molar-refractivity contribution in [2.75, 3.05) is 0 Å². The van der Waals surface area contributed by atoms with Gasteiger partial charge in [-0.05, 0) is 30.9 Å². The predicted molar refractivity (Wildman–Crippen MR) is 68.2 cm³/mol. The van der Waals surface area contributed by atoms with Crippen LogP contribution in [0.3, 0.4) is 0 Å². The normalized spacial score (nSPS) is 10.7. The van der Waals surface area contributed by atoms with Crippen LogP contribution in [0.5, 0.6) is 0 Å². The maximum atomic E-state index is 12.0. The molecule has 0 aliphatic carbocycles. The summed E-state index contributed by atoms with van der Waals surface area (Å²) in [5.74, 6) is 0.111. The zero-order valence-electron chi connectivity index (χ0n) is 10.1. The Morgan fingerprint density at radius 3 is 2.71 bits per heavy atom. The van der Waals surface area contributed by atoms with Crippen molar-refractivity contribution in [1.29, 1.82) is 0 Å². The van der Waals surface area contributed by atoms with Gasteiger partial charge in [-0.25, -0.2) is 0 Å². The van der Waals surface area contributed by atoms with Crippen LogP contribution in [0.2, 0.25) is 0 Å². The lowest BCUT2D eigenvalue weighted by atomic mass is 10.1. The highest BCUT2D eigenvalue weighted by atomic mass is 16.1. The van der Waals surface area contributed by atoms with Gasteiger partial charge in [0.25, 0.3) is 5.56 Å². The summed E-state index contributed by atoms with van der Waals surface area (Å²) in [5.41, 5.74) is 1.62. The van der Waals surface area contributed by atoms with E-state index >= 15 is 0 Å². The Balaban J connectivity index is 2.54. The van der Waals surface area contributed by atoms with Crippen molar-refractivity contribution in [3.8, 4) is 0 Å². The maximum absolute atomic E-state index is 12.0. The van der Waals surface area contributed by atoms with Gasteiger partial charge >= 0.3 is 0 Å². The fourth-order valence-electron chi connectivity index (χ4n) is 1.98. The largest absolute Gasteiger partial charge is 0.311 e. The minimum Gasteiger partial charge on any atom is -0.311 e. The summed E-state index contributed by atoms with van der Waals surface area (Å²) < 4.78 is 1.64. The van der Waals surface area contributed by atoms with Crippen LogP contribution in [0, 0.1) is 0 Å². The van der Waals surface area contributed by atoms with Gasteiger partial charge in [0.2, 0.25) is 0 Å². The van der Waals surface area contributed by atoms with E-state index in [2.05, 4.69) is 0 Å². The van der Waals surface area contributed by atoms with Crippen molar-refractivity contribution in [2.24, 2.45) is 7.05 Å². The summed E-state index contributed by atoms with van der Waals surface area (Å²) in [6.45, 7) is 1.55. The van der Waals surface area contributed by atoms with Crippen molar-refractivity contribution >= 4 is 16.7 Å². The number of benzene rings is 1. The molecule has 0 spiro atoms. The smallest absolute Gasteiger partial charge is 0.253 e. The number of hydrogen-bond acceptors (Lipinski definition) is 2. The number of aromatic nitrogens is 1. The second-order valence-electron chi connectivity index (χ2n) is 4.29. The number of carbonyl (C=O) groups excluding carboxylic acids is 1. The third-order valence-corrected chi connectivity index (χ3v) is 2.95. The van der Waals surface area contributed by atoms with Crippen LogP contribution in [0.25, 0.3) is 10.9 Å². The van der Waals surface area contributed by atoms with Gasteiger partial charge in [0.15, 0.2) is 0 Å². The van der Waals surface area contributed by atoms with E-state index in [0.29, 0.717) is 18.4 Å². The Bertz CT molecular complexity index is 626. The van der Waals surface area contributed by atoms with Crippen molar-refractivity contribution in [2.45, 2.75) is 19.8 Å². The summed E-state index contributed by atoms with van der Waals surface area (Å²) in [5, 5.41) is 1.04. The van der Waals surface area contributed by atoms with Gasteiger partial charge in [-0.3, -0.25) is 4.79 Å². The summed E-state index contributed by atoms with van der Waals surface area (Å²) >= 11 is 0. The molecule has 17 heavy (non-hydrogen) atoms. The first-order valence-electron chi connectivity index (χ1n) is 5.66. The Morgan fingerprint density at radius 2 is 2.00 bits per heavy atom. The molecule has 0 amide bonds. The summed E-state index contributed by atoms with van der Waals surface area (Å²) in [4.78, 5) is 23.0. The van der Waals surface area contributed by atoms with Crippen LogP contribution in [-0.2, 0) is 18.3 Å². The Kier molecular flexibility index (Phi) is 3.09. The number of rotatable bonds is 3. The molecule has 1 aromatic carbocycles. The molecule has 2 rings (SSSR count). The van der Waals surface area contributed by atoms with Crippen LogP contribution in [0.15, 0.2) is 35.1 Å². The third-order valence-electron chi connectivity index (χ3n) is 2.95. The number of pyridine rings is 1. The molecule has 0 radical (unpaired) electrons. The van der Waals surface area contributed by atoms with E-state index in [1.54, 1.807) is 18.5 Å². The number of carbonyl (C=O) groups is 1. The van der Waals surface area contributed by atoms with Gasteiger partial charge < -0.3 is 9.36 Å². The molecule has 1 aromatic heterocycles. The summed E-state index contributed by atoms with van der Waals surface area (Å²) in [7, 11) is 1.77. The van der Waals surface area contributed by atoms with E-state index in [-0.39, 0.29) is 11.3 Å². The first-order valence-corrected chi connectivity index (χ1v) is 5.66. The number of ketones is 1. The van der Waals surface area contributed by atoms with Gasteiger partial charge in [0.1, 0.15) is 5.78 Å². The monoisotopic (exact) mass is 229 g/mol. The average Bonchev–Trinajstić information content (AvgIpc) is 2.32. The van der Waals surface area contributed by atoms with E-state index < -0.39 is 0 Å². The Morgan fingerprint density at radius 1 is 1.29 bits per heavy atom. The van der Waals surface area contributed by atoms with E-state index in [0.717, 1.165) is 10.9 Å². The van der Waals surface area contributed by atoms with Crippen molar-refractivity contribution in [3.63, 3.8) is 0 Å². The Labute approximate surface area is 99.7 Å². The number of fused-ring (bicyclic) bond motifs is 1. The highest BCUT2D eigenvalue weighted by molar-refractivity contribution is 5.80. The molecule has 0 saturated carbocycles. The second kappa shape index (κ2) is 4.53. The van der Waals surface area contributed by atoms with Crippen LogP contribution in [-0.4, -0.2) is 10.4 Å². The second-order valence-corrected chi connectivity index (χ2v) is 4.29. The topological polar surface area (TPSA) is 39.1 Å². The minimum atomic E-state index is -0.00931. The molecular formula is C14H15NO2. The molecule has 88 valence electrons. The van der Waals surface area contributed by atoms with Crippen LogP contribution in [0.4, 0.5) is 0 Å². The molecule has 0 N–H and O–H groups in total. The van der Waals surface area contributed by atoms with E-state index in [4.69, 9.17) is 0 Å². The van der Waals surface area contributed by atoms with E-state index in [1.807, 2.05) is 30.3 Å². The molecule has 0 bridgehead atoms. The number of nitrogens with zero attached hydrogens (tertiary/aromatic N) is 1. The van der Waals surface area contributed by atoms with Crippen LogP contribution >= 0.6 is 0 Å². The fraction of sp³-hybridized carbons (Fsp3) is 0.286. The highest BCUT2D eigenvalue weighted by Gasteiger charge is 2.06. The van der Waals surface area contributed by atoms with Gasteiger partial charge in [-0.15, -0.1) is 0 Å². The van der Waals surface area contributed by atoms with Gasteiger partial charge in [0.05, 0.1) is 5.52 Å². The van der Waals surface area contributed by atoms with Crippen molar-refractivity contribution in [3.05, 3.63) is 46.2 Å². The van der Waals surface area contributed by atoms with Gasteiger partial charge in [0, 0.05) is 19.0 Å². The van der Waals surface area contributed by atoms with Crippen molar-refractivity contribution in [1.82, 2.24) is 4.57 Å². The number of hydrogen-bond donors (Lipinski definition) is 0. The molecule has 0 aliphatic rings. The lowest BCUT2D eigenvalue weighted by molar-refractivity contribution is -0.116. The molecule has 0 saturated heterocycles. The third kappa shape index (κ3) is 2.28. The van der Waals surface area contributed by atoms with Crippen molar-refractivity contribution < 1.29 is 4.79 Å². The fourth-order valence-corrected chi connectivity index (χ4v) is 1.98. The first-order chi connectivity index (χ1) is 8.09. The molecule has 0 fully saturated rings. The van der Waals surface area contributed by atoms with Crippen LogP contribution < -0.4 is 5.56 Å². The standard InChI is InChI=1S/C14H15NO2/c1-10(16)7-8-12-9-11-5-3-4-6-13(11)15(2)14(12)17/h3-6,9H,7-8H2,1-2H3. The molecule has 0 aliphatic heterocycles. The molecule has 3 nitrogen and oxygen atoms in total. The summed E-state index contributed by atoms with van der Waals surface area (Å²) in [6, 6.07) is 9.65. The average molecular weight is 229 g/mol. The first kappa shape index (κ1) is 11.6. The van der Waals surface area contributed by atoms with Crippen LogP contribution in [0.1, 0.15) is 18.9 Å². The Hall–Kier alpha value is -1.90. The molecular weight excluding hydrogens is 214 g/mol. The number of para-hydroxylation sites is 1. The molecule has 3 heteroatoms. The van der Waals surface area contributed by atoms with Gasteiger partial charge in [-0.2, -0.15) is 0 Å². The number of aryl methyl sites for hydroxylation is 2. The van der Waals surface area contributed by atoms with E-state index in [1.165, 1.54) is 0 Å². The van der Waals surface area contributed by atoms with Gasteiger partial charge in [-0.1, -0.05) is 18.2 Å². The minimum absolute atomic E-state index is 0.00931. The molecule has 2 aromatic rings. The SMILES string of the molecule is CC(=O)CCc1cc2ccccc2n(C)c1=O. The zero-order valence-corrected chi connectivity index (χ0v) is 10.1. The predicted octanol–water partition coefficient (Wildman–Crippen LogP) is 2.06. The van der Waals surface area contributed by atoms with E-state index in [9.17, 15) is 9.59 Å². The molecule has 1 heterocycles. The zero-order chi connectivity index (χ0) is 12.4. The number of Topliss-reactive ketones (excluding diaryl/α,β-unsaturated/α-hetero) is 1. The lowest BCUT2D eigenvalue weighted by Gasteiger charge is -2.07. The maximum Gasteiger partial charge on any atom is 0.253 e. The summed E-state index contributed by atoms with van der Waals surface area (Å²) in [6.07, 6.45) is 0.945. The molecule has 0 atom stereocenters. The quantitative estimate of drug-likeness (QED) is 0.808. The highest BCUT2D eigenvalue weighted by Crippen LogP contribution is 2.13. The molecule has 0 unspecified atom stereocenters.